The standard InChI is InChI=1S/C23H35N3O3/c1-23(2)20(19-9-12-28-21(19)23)26-22(24-3)25-14-16-5-4-6-17(13-16)15-29-18-7-10-27-11-8-18/h4-6,13,18-21H,7-12,14-15H2,1-3H3,(H2,24,25,26). The van der Waals surface area contributed by atoms with Gasteiger partial charge in [0, 0.05) is 50.8 Å². The smallest absolute Gasteiger partial charge is 0.191 e. The van der Waals surface area contributed by atoms with Gasteiger partial charge in [-0.05, 0) is 30.4 Å². The molecular formula is C23H35N3O3. The number of nitrogens with zero attached hydrogens (tertiary/aromatic N) is 1. The Hall–Kier alpha value is -1.63. The lowest BCUT2D eigenvalue weighted by molar-refractivity contribution is -0.106. The number of hydrogen-bond donors (Lipinski definition) is 2. The van der Waals surface area contributed by atoms with Gasteiger partial charge in [-0.2, -0.15) is 0 Å². The predicted molar refractivity (Wildman–Crippen MR) is 114 cm³/mol. The zero-order valence-corrected chi connectivity index (χ0v) is 17.9. The first-order valence-electron chi connectivity index (χ1n) is 10.9. The molecule has 2 heterocycles. The van der Waals surface area contributed by atoms with Crippen LogP contribution in [0.15, 0.2) is 29.3 Å². The monoisotopic (exact) mass is 401 g/mol. The van der Waals surface area contributed by atoms with Crippen LogP contribution in [0, 0.1) is 11.3 Å². The molecule has 3 atom stereocenters. The molecule has 2 aliphatic heterocycles. The van der Waals surface area contributed by atoms with Crippen molar-refractivity contribution in [3.05, 3.63) is 35.4 Å². The van der Waals surface area contributed by atoms with Gasteiger partial charge in [0.05, 0.1) is 18.8 Å². The van der Waals surface area contributed by atoms with Crippen molar-refractivity contribution in [2.24, 2.45) is 16.3 Å². The molecular weight excluding hydrogens is 366 g/mol. The first kappa shape index (κ1) is 20.6. The minimum absolute atomic E-state index is 0.139. The second-order valence-electron chi connectivity index (χ2n) is 9.06. The molecule has 2 N–H and O–H groups in total. The van der Waals surface area contributed by atoms with Crippen LogP contribution in [0.25, 0.3) is 0 Å². The molecule has 6 nitrogen and oxygen atoms in total. The van der Waals surface area contributed by atoms with Crippen LogP contribution in [0.4, 0.5) is 0 Å². The zero-order chi connectivity index (χ0) is 20.3. The largest absolute Gasteiger partial charge is 0.381 e. The molecule has 0 radical (unpaired) electrons. The molecule has 2 saturated heterocycles. The van der Waals surface area contributed by atoms with Crippen LogP contribution in [-0.4, -0.2) is 51.1 Å². The second kappa shape index (κ2) is 9.02. The van der Waals surface area contributed by atoms with E-state index in [4.69, 9.17) is 14.2 Å². The van der Waals surface area contributed by atoms with Crippen molar-refractivity contribution in [1.29, 1.82) is 0 Å². The van der Waals surface area contributed by atoms with Crippen LogP contribution in [0.2, 0.25) is 0 Å². The Morgan fingerprint density at radius 1 is 1.17 bits per heavy atom. The van der Waals surface area contributed by atoms with Crippen LogP contribution < -0.4 is 10.6 Å². The molecule has 0 bridgehead atoms. The van der Waals surface area contributed by atoms with Gasteiger partial charge in [-0.3, -0.25) is 4.99 Å². The molecule has 1 aliphatic carbocycles. The van der Waals surface area contributed by atoms with E-state index in [1.54, 1.807) is 0 Å². The minimum atomic E-state index is 0.139. The quantitative estimate of drug-likeness (QED) is 0.567. The first-order chi connectivity index (χ1) is 14.1. The highest BCUT2D eigenvalue weighted by atomic mass is 16.5. The number of nitrogens with one attached hydrogen (secondary N) is 2. The number of fused-ring (bicyclic) bond motifs is 1. The van der Waals surface area contributed by atoms with Crippen molar-refractivity contribution in [3.8, 4) is 0 Å². The Kier molecular flexibility index (Phi) is 6.42. The lowest BCUT2D eigenvalue weighted by atomic mass is 9.57. The molecule has 3 aliphatic rings. The van der Waals surface area contributed by atoms with Gasteiger partial charge in [0.25, 0.3) is 0 Å². The van der Waals surface area contributed by atoms with Crippen molar-refractivity contribution < 1.29 is 14.2 Å². The van der Waals surface area contributed by atoms with Gasteiger partial charge in [-0.25, -0.2) is 0 Å². The first-order valence-corrected chi connectivity index (χ1v) is 10.9. The van der Waals surface area contributed by atoms with Crippen LogP contribution >= 0.6 is 0 Å². The summed E-state index contributed by atoms with van der Waals surface area (Å²) in [6.45, 7) is 8.47. The van der Waals surface area contributed by atoms with E-state index < -0.39 is 0 Å². The topological polar surface area (TPSA) is 64.1 Å². The van der Waals surface area contributed by atoms with Crippen LogP contribution in [0.1, 0.15) is 44.2 Å². The van der Waals surface area contributed by atoms with Crippen LogP contribution in [-0.2, 0) is 27.4 Å². The second-order valence-corrected chi connectivity index (χ2v) is 9.06. The fourth-order valence-corrected chi connectivity index (χ4v) is 5.03. The molecule has 0 aromatic heterocycles. The normalized spacial score (nSPS) is 29.2. The average molecular weight is 402 g/mol. The summed E-state index contributed by atoms with van der Waals surface area (Å²) in [7, 11) is 1.84. The molecule has 3 unspecified atom stereocenters. The molecule has 1 aromatic carbocycles. The Morgan fingerprint density at radius 2 is 1.97 bits per heavy atom. The molecule has 29 heavy (non-hydrogen) atoms. The summed E-state index contributed by atoms with van der Waals surface area (Å²) in [6.07, 6.45) is 3.83. The van der Waals surface area contributed by atoms with Gasteiger partial charge in [0.15, 0.2) is 5.96 Å². The Bertz CT molecular complexity index is 715. The highest BCUT2D eigenvalue weighted by Crippen LogP contribution is 2.52. The van der Waals surface area contributed by atoms with Gasteiger partial charge in [-0.1, -0.05) is 38.1 Å². The van der Waals surface area contributed by atoms with E-state index in [0.717, 1.165) is 51.6 Å². The summed E-state index contributed by atoms with van der Waals surface area (Å²) in [5.41, 5.74) is 2.58. The van der Waals surface area contributed by atoms with Gasteiger partial charge in [0.2, 0.25) is 0 Å². The summed E-state index contributed by atoms with van der Waals surface area (Å²) in [6, 6.07) is 9.00. The SMILES string of the molecule is CN=C(NCc1cccc(COC2CCOCC2)c1)NC1C2CCOC2C1(C)C. The molecule has 1 aromatic rings. The van der Waals surface area contributed by atoms with E-state index in [-0.39, 0.29) is 5.41 Å². The average Bonchev–Trinajstić information content (AvgIpc) is 3.21. The van der Waals surface area contributed by atoms with Crippen molar-refractivity contribution in [2.45, 2.75) is 64.5 Å². The van der Waals surface area contributed by atoms with Gasteiger partial charge >= 0.3 is 0 Å². The van der Waals surface area contributed by atoms with Crippen LogP contribution in [0.5, 0.6) is 0 Å². The Morgan fingerprint density at radius 3 is 2.76 bits per heavy atom. The minimum Gasteiger partial charge on any atom is -0.381 e. The fraction of sp³-hybridized carbons (Fsp3) is 0.696. The number of guanidine groups is 1. The fourth-order valence-electron chi connectivity index (χ4n) is 5.03. The number of rotatable bonds is 6. The molecule has 0 amide bonds. The van der Waals surface area contributed by atoms with E-state index in [1.807, 2.05) is 7.05 Å². The molecule has 3 fully saturated rings. The third-order valence-electron chi connectivity index (χ3n) is 6.72. The Balaban J connectivity index is 1.27. The lowest BCUT2D eigenvalue weighted by Crippen LogP contribution is -2.67. The number of benzene rings is 1. The molecule has 0 spiro atoms. The van der Waals surface area contributed by atoms with Crippen molar-refractivity contribution in [2.75, 3.05) is 26.9 Å². The van der Waals surface area contributed by atoms with Crippen molar-refractivity contribution in [3.63, 3.8) is 0 Å². The van der Waals surface area contributed by atoms with Gasteiger partial charge < -0.3 is 24.8 Å². The maximum absolute atomic E-state index is 6.06. The van der Waals surface area contributed by atoms with Gasteiger partial charge in [-0.15, -0.1) is 0 Å². The molecule has 160 valence electrons. The van der Waals surface area contributed by atoms with Gasteiger partial charge in [0.1, 0.15) is 0 Å². The van der Waals surface area contributed by atoms with Crippen molar-refractivity contribution >= 4 is 5.96 Å². The Labute approximate surface area is 174 Å². The van der Waals surface area contributed by atoms with E-state index >= 15 is 0 Å². The molecule has 6 heteroatoms. The number of aliphatic imine (C=N–C) groups is 1. The third-order valence-corrected chi connectivity index (χ3v) is 6.72. The summed E-state index contributed by atoms with van der Waals surface area (Å²) in [5.74, 6) is 1.45. The third kappa shape index (κ3) is 4.60. The lowest BCUT2D eigenvalue weighted by Gasteiger charge is -2.54. The summed E-state index contributed by atoms with van der Waals surface area (Å²) in [5, 5.41) is 7.12. The maximum Gasteiger partial charge on any atom is 0.191 e. The molecule has 1 saturated carbocycles. The highest BCUT2D eigenvalue weighted by molar-refractivity contribution is 5.80. The van der Waals surface area contributed by atoms with E-state index in [9.17, 15) is 0 Å². The van der Waals surface area contributed by atoms with Crippen LogP contribution in [0.3, 0.4) is 0 Å². The number of hydrogen-bond acceptors (Lipinski definition) is 4. The van der Waals surface area contributed by atoms with E-state index in [1.165, 1.54) is 11.1 Å². The summed E-state index contributed by atoms with van der Waals surface area (Å²) in [4.78, 5) is 4.44. The summed E-state index contributed by atoms with van der Waals surface area (Å²) >= 11 is 0. The summed E-state index contributed by atoms with van der Waals surface area (Å²) < 4.78 is 17.4. The predicted octanol–water partition coefficient (Wildman–Crippen LogP) is 2.86. The zero-order valence-electron chi connectivity index (χ0n) is 17.9. The van der Waals surface area contributed by atoms with Crippen molar-refractivity contribution in [1.82, 2.24) is 10.6 Å². The highest BCUT2D eigenvalue weighted by Gasteiger charge is 2.59. The molecule has 4 rings (SSSR count). The van der Waals surface area contributed by atoms with E-state index in [0.29, 0.717) is 30.8 Å². The maximum atomic E-state index is 6.06. The number of ether oxygens (including phenoxy) is 3. The van der Waals surface area contributed by atoms with E-state index in [2.05, 4.69) is 53.7 Å².